The number of fused-ring (bicyclic) bond motifs is 5. The van der Waals surface area contributed by atoms with Crippen molar-refractivity contribution in [2.45, 2.75) is 90.3 Å². The van der Waals surface area contributed by atoms with E-state index in [2.05, 4.69) is 13.8 Å². The molecule has 0 aromatic carbocycles. The van der Waals surface area contributed by atoms with Crippen molar-refractivity contribution in [3.63, 3.8) is 0 Å². The van der Waals surface area contributed by atoms with Crippen LogP contribution in [0.3, 0.4) is 0 Å². The van der Waals surface area contributed by atoms with Gasteiger partial charge in [0.05, 0.1) is 0 Å². The minimum atomic E-state index is -0.908. The van der Waals surface area contributed by atoms with Gasteiger partial charge >= 0.3 is 5.97 Å². The predicted octanol–water partition coefficient (Wildman–Crippen LogP) is 3.64. The lowest BCUT2D eigenvalue weighted by atomic mass is 9.43. The average molecular weight is 348 g/mol. The minimum Gasteiger partial charge on any atom is -0.459 e. The Bertz CT molecular complexity index is 601. The van der Waals surface area contributed by atoms with Crippen molar-refractivity contribution in [2.24, 2.45) is 28.6 Å². The highest BCUT2D eigenvalue weighted by Crippen LogP contribution is 2.66. The summed E-state index contributed by atoms with van der Waals surface area (Å²) in [5, 5.41) is 11.7. The largest absolute Gasteiger partial charge is 0.459 e. The number of Topliss-reactive ketones (excluding diaryl/α,β-unsaturated/α-hetero) is 1. The Morgan fingerprint density at radius 3 is 2.56 bits per heavy atom. The molecule has 0 spiro atoms. The summed E-state index contributed by atoms with van der Waals surface area (Å²) in [4.78, 5) is 24.1. The molecule has 0 heterocycles. The zero-order valence-electron chi connectivity index (χ0n) is 15.8. The highest BCUT2D eigenvalue weighted by molar-refractivity contribution is 5.87. The van der Waals surface area contributed by atoms with Crippen molar-refractivity contribution in [1.29, 1.82) is 0 Å². The molecule has 4 rings (SSSR count). The highest BCUT2D eigenvalue weighted by Gasteiger charge is 2.66. The fraction of sp³-hybridized carbons (Fsp3) is 0.905. The molecular weight excluding hydrogens is 316 g/mol. The molecule has 25 heavy (non-hydrogen) atoms. The molecule has 0 radical (unpaired) electrons. The third-order valence-electron chi connectivity index (χ3n) is 8.82. The molecule has 0 saturated heterocycles. The number of hydrogen-bond acceptors (Lipinski definition) is 4. The van der Waals surface area contributed by atoms with Crippen molar-refractivity contribution in [2.75, 3.05) is 0 Å². The van der Waals surface area contributed by atoms with Crippen LogP contribution in [0, 0.1) is 28.6 Å². The zero-order chi connectivity index (χ0) is 18.0. The van der Waals surface area contributed by atoms with E-state index in [1.54, 1.807) is 0 Å². The molecule has 4 nitrogen and oxygen atoms in total. The number of hydrogen-bond donors (Lipinski definition) is 1. The Balaban J connectivity index is 1.67. The maximum Gasteiger partial charge on any atom is 0.303 e. The van der Waals surface area contributed by atoms with E-state index in [-0.39, 0.29) is 22.9 Å². The van der Waals surface area contributed by atoms with Crippen LogP contribution in [0.15, 0.2) is 0 Å². The summed E-state index contributed by atoms with van der Waals surface area (Å²) in [6, 6.07) is 0. The summed E-state index contributed by atoms with van der Waals surface area (Å²) in [5.41, 5.74) is -1.24. The molecule has 0 aliphatic heterocycles. The molecule has 140 valence electrons. The van der Waals surface area contributed by atoms with Gasteiger partial charge in [0.1, 0.15) is 17.5 Å². The van der Waals surface area contributed by atoms with Crippen LogP contribution in [-0.4, -0.2) is 28.6 Å². The molecular formula is C21H32O4. The molecule has 0 unspecified atom stereocenters. The quantitative estimate of drug-likeness (QED) is 0.735. The summed E-state index contributed by atoms with van der Waals surface area (Å²) >= 11 is 0. The Hall–Kier alpha value is -0.900. The number of rotatable bonds is 1. The summed E-state index contributed by atoms with van der Waals surface area (Å²) in [6.07, 6.45) is 7.80. The van der Waals surface area contributed by atoms with Gasteiger partial charge in [-0.1, -0.05) is 13.8 Å². The number of ether oxygens (including phenoxy) is 1. The molecule has 0 bridgehead atoms. The van der Waals surface area contributed by atoms with Crippen LogP contribution in [0.5, 0.6) is 0 Å². The first-order valence-electron chi connectivity index (χ1n) is 10.2. The summed E-state index contributed by atoms with van der Waals surface area (Å²) < 4.78 is 5.59. The van der Waals surface area contributed by atoms with Gasteiger partial charge in [-0.3, -0.25) is 9.59 Å². The smallest absolute Gasteiger partial charge is 0.303 e. The van der Waals surface area contributed by atoms with Crippen molar-refractivity contribution in [1.82, 2.24) is 0 Å². The summed E-state index contributed by atoms with van der Waals surface area (Å²) in [6.45, 7) is 5.87. The fourth-order valence-electron chi connectivity index (χ4n) is 7.43. The lowest BCUT2D eigenvalue weighted by Crippen LogP contribution is -2.66. The predicted molar refractivity (Wildman–Crippen MR) is 93.7 cm³/mol. The molecule has 4 saturated carbocycles. The maximum atomic E-state index is 12.5. The van der Waals surface area contributed by atoms with Gasteiger partial charge in [0.2, 0.25) is 0 Å². The normalized spacial score (nSPS) is 52.1. The van der Waals surface area contributed by atoms with Gasteiger partial charge in [-0.25, -0.2) is 0 Å². The standard InChI is InChI=1S/C21H32O4/c1-13(22)25-18-5-4-10-20(3)16-9-11-19(2)15(6-7-17(19)23)14(16)8-12-21(18,20)24/h14-16,18,24H,4-12H2,1-3H3/t14-,15-,16-,18-,19-,20+,21-/m0/s1. The Kier molecular flexibility index (Phi) is 3.89. The molecule has 4 fully saturated rings. The molecule has 0 aromatic heterocycles. The lowest BCUT2D eigenvalue weighted by molar-refractivity contribution is -0.250. The van der Waals surface area contributed by atoms with Gasteiger partial charge in [-0.05, 0) is 69.1 Å². The first-order chi connectivity index (χ1) is 11.7. The Labute approximate surface area is 150 Å². The number of aliphatic hydroxyl groups is 1. The van der Waals surface area contributed by atoms with E-state index in [1.807, 2.05) is 0 Å². The second-order valence-electron chi connectivity index (χ2n) is 9.67. The number of carbonyl (C=O) groups is 2. The second kappa shape index (κ2) is 5.55. The number of carbonyl (C=O) groups excluding carboxylic acids is 2. The van der Waals surface area contributed by atoms with Crippen LogP contribution >= 0.6 is 0 Å². The van der Waals surface area contributed by atoms with E-state index in [1.165, 1.54) is 6.92 Å². The van der Waals surface area contributed by atoms with Crippen LogP contribution < -0.4 is 0 Å². The summed E-state index contributed by atoms with van der Waals surface area (Å²) in [5.74, 6) is 1.63. The average Bonchev–Trinajstić information content (AvgIpc) is 2.85. The molecule has 1 N–H and O–H groups in total. The third kappa shape index (κ3) is 2.22. The first-order valence-corrected chi connectivity index (χ1v) is 10.2. The van der Waals surface area contributed by atoms with Crippen molar-refractivity contribution in [3.8, 4) is 0 Å². The SMILES string of the molecule is CC(=O)O[C@H]1CCC[C@]2(C)[C@H]3CC[C@]4(C)C(=O)CC[C@H]4[C@@H]3CC[C@]12O. The van der Waals surface area contributed by atoms with Crippen molar-refractivity contribution >= 4 is 11.8 Å². The Morgan fingerprint density at radius 1 is 1.08 bits per heavy atom. The van der Waals surface area contributed by atoms with Gasteiger partial charge in [0.25, 0.3) is 0 Å². The van der Waals surface area contributed by atoms with Crippen molar-refractivity contribution < 1.29 is 19.4 Å². The van der Waals surface area contributed by atoms with E-state index >= 15 is 0 Å². The van der Waals surface area contributed by atoms with Crippen LogP contribution in [0.25, 0.3) is 0 Å². The highest BCUT2D eigenvalue weighted by atomic mass is 16.6. The van der Waals surface area contributed by atoms with Crippen molar-refractivity contribution in [3.05, 3.63) is 0 Å². The minimum absolute atomic E-state index is 0.128. The zero-order valence-corrected chi connectivity index (χ0v) is 15.8. The third-order valence-corrected chi connectivity index (χ3v) is 8.82. The maximum absolute atomic E-state index is 12.5. The van der Waals surface area contributed by atoms with Gasteiger partial charge in [-0.2, -0.15) is 0 Å². The van der Waals surface area contributed by atoms with E-state index in [0.717, 1.165) is 51.4 Å². The molecule has 4 aliphatic carbocycles. The summed E-state index contributed by atoms with van der Waals surface area (Å²) in [7, 11) is 0. The molecule has 0 amide bonds. The number of esters is 1. The van der Waals surface area contributed by atoms with Crippen LogP contribution in [-0.2, 0) is 14.3 Å². The van der Waals surface area contributed by atoms with Gasteiger partial charge in [0.15, 0.2) is 0 Å². The molecule has 0 aromatic rings. The van der Waals surface area contributed by atoms with E-state index in [0.29, 0.717) is 30.0 Å². The van der Waals surface area contributed by atoms with Gasteiger partial charge < -0.3 is 9.84 Å². The van der Waals surface area contributed by atoms with E-state index in [4.69, 9.17) is 4.74 Å². The van der Waals surface area contributed by atoms with Gasteiger partial charge in [-0.15, -0.1) is 0 Å². The number of ketones is 1. The topological polar surface area (TPSA) is 63.6 Å². The monoisotopic (exact) mass is 348 g/mol. The van der Waals surface area contributed by atoms with Gasteiger partial charge in [0, 0.05) is 24.2 Å². The first kappa shape index (κ1) is 17.5. The Morgan fingerprint density at radius 2 is 1.84 bits per heavy atom. The van der Waals surface area contributed by atoms with E-state index < -0.39 is 5.60 Å². The molecule has 7 atom stereocenters. The van der Waals surface area contributed by atoms with Crippen LogP contribution in [0.4, 0.5) is 0 Å². The lowest BCUT2D eigenvalue weighted by Gasteiger charge is -2.64. The van der Waals surface area contributed by atoms with E-state index in [9.17, 15) is 14.7 Å². The van der Waals surface area contributed by atoms with Crippen LogP contribution in [0.1, 0.15) is 78.6 Å². The van der Waals surface area contributed by atoms with Crippen LogP contribution in [0.2, 0.25) is 0 Å². The second-order valence-corrected chi connectivity index (χ2v) is 9.67. The molecule has 4 aliphatic rings. The fourth-order valence-corrected chi connectivity index (χ4v) is 7.43. The molecule has 4 heteroatoms.